The quantitative estimate of drug-likeness (QED) is 0.285. The van der Waals surface area contributed by atoms with Gasteiger partial charge in [0.15, 0.2) is 16.8 Å². The molecule has 0 amide bonds. The monoisotopic (exact) mass is 408 g/mol. The van der Waals surface area contributed by atoms with Crippen LogP contribution < -0.4 is 5.56 Å². The summed E-state index contributed by atoms with van der Waals surface area (Å²) in [5.41, 5.74) is 2.85. The highest BCUT2D eigenvalue weighted by Crippen LogP contribution is 2.24. The fourth-order valence-electron chi connectivity index (χ4n) is 3.39. The van der Waals surface area contributed by atoms with Gasteiger partial charge >= 0.3 is 0 Å². The van der Waals surface area contributed by atoms with Crippen LogP contribution in [0, 0.1) is 20.8 Å². The number of ketones is 1. The number of fused-ring (bicyclic) bond motifs is 1. The molecule has 0 unspecified atom stereocenters. The van der Waals surface area contributed by atoms with Gasteiger partial charge in [0, 0.05) is 30.1 Å². The van der Waals surface area contributed by atoms with E-state index in [2.05, 4.69) is 10.1 Å². The van der Waals surface area contributed by atoms with Crippen molar-refractivity contribution in [3.05, 3.63) is 69.5 Å². The molecule has 0 aliphatic heterocycles. The topological polar surface area (TPSA) is 82.9 Å². The minimum atomic E-state index is -0.120. The molecule has 0 atom stereocenters. The van der Waals surface area contributed by atoms with Crippen LogP contribution in [0.2, 0.25) is 0 Å². The van der Waals surface area contributed by atoms with Crippen LogP contribution in [0.4, 0.5) is 0 Å². The van der Waals surface area contributed by atoms with Crippen molar-refractivity contribution in [2.45, 2.75) is 25.9 Å². The molecule has 0 saturated heterocycles. The Morgan fingerprint density at radius 1 is 1.17 bits per heavy atom. The number of carbonyl (C=O) groups is 1. The lowest BCUT2D eigenvalue weighted by Gasteiger charge is -2.08. The zero-order valence-corrected chi connectivity index (χ0v) is 17.4. The van der Waals surface area contributed by atoms with Gasteiger partial charge in [-0.2, -0.15) is 0 Å². The van der Waals surface area contributed by atoms with Crippen LogP contribution in [0.5, 0.6) is 0 Å². The van der Waals surface area contributed by atoms with E-state index in [1.54, 1.807) is 19.2 Å². The number of benzene rings is 1. The normalized spacial score (nSPS) is 11.3. The third-order valence-electron chi connectivity index (χ3n) is 4.85. The number of thioether (sulfide) groups is 1. The van der Waals surface area contributed by atoms with Gasteiger partial charge in [-0.3, -0.25) is 18.7 Å². The van der Waals surface area contributed by atoms with E-state index in [4.69, 9.17) is 4.52 Å². The van der Waals surface area contributed by atoms with E-state index in [1.807, 2.05) is 49.6 Å². The Labute approximate surface area is 171 Å². The highest BCUT2D eigenvalue weighted by Gasteiger charge is 2.19. The Hall–Kier alpha value is -3.13. The third kappa shape index (κ3) is 3.40. The molecule has 0 saturated carbocycles. The standard InChI is InChI=1S/C21H20N4O3S/c1-12-9-16(14(3)25(12)19-10-13(2)28-23-19)18(26)11-29-21-22-17-8-6-5-7-15(17)20(27)24(21)4/h5-10H,11H2,1-4H3. The Kier molecular flexibility index (Phi) is 4.87. The van der Waals surface area contributed by atoms with Crippen LogP contribution in [0.15, 0.2) is 50.9 Å². The molecule has 0 bridgehead atoms. The van der Waals surface area contributed by atoms with Crippen LogP contribution in [0.1, 0.15) is 27.5 Å². The van der Waals surface area contributed by atoms with Crippen molar-refractivity contribution in [2.24, 2.45) is 7.05 Å². The number of aromatic nitrogens is 4. The van der Waals surface area contributed by atoms with Crippen LogP contribution in [-0.2, 0) is 7.05 Å². The maximum atomic E-state index is 12.9. The van der Waals surface area contributed by atoms with E-state index >= 15 is 0 Å². The second kappa shape index (κ2) is 7.36. The number of nitrogens with zero attached hydrogens (tertiary/aromatic N) is 4. The van der Waals surface area contributed by atoms with Crippen molar-refractivity contribution in [1.29, 1.82) is 0 Å². The molecule has 4 rings (SSSR count). The van der Waals surface area contributed by atoms with Gasteiger partial charge in [0.1, 0.15) is 5.76 Å². The molecule has 0 spiro atoms. The summed E-state index contributed by atoms with van der Waals surface area (Å²) in [5.74, 6) is 1.51. The number of carbonyl (C=O) groups excluding carboxylic acids is 1. The molecule has 4 aromatic rings. The zero-order chi connectivity index (χ0) is 20.7. The summed E-state index contributed by atoms with van der Waals surface area (Å²) >= 11 is 1.26. The second-order valence-corrected chi connectivity index (χ2v) is 7.85. The molecule has 29 heavy (non-hydrogen) atoms. The van der Waals surface area contributed by atoms with Crippen molar-refractivity contribution in [3.8, 4) is 5.82 Å². The van der Waals surface area contributed by atoms with E-state index in [1.165, 1.54) is 16.3 Å². The van der Waals surface area contributed by atoms with E-state index < -0.39 is 0 Å². The van der Waals surface area contributed by atoms with Gasteiger partial charge in [0.05, 0.1) is 16.7 Å². The van der Waals surface area contributed by atoms with Gasteiger partial charge in [-0.05, 0) is 39.0 Å². The minimum absolute atomic E-state index is 0.0306. The summed E-state index contributed by atoms with van der Waals surface area (Å²) in [6.45, 7) is 5.64. The third-order valence-corrected chi connectivity index (χ3v) is 5.88. The maximum Gasteiger partial charge on any atom is 0.261 e. The molecule has 0 aliphatic rings. The lowest BCUT2D eigenvalue weighted by Crippen LogP contribution is -2.20. The Balaban J connectivity index is 1.61. The molecule has 0 radical (unpaired) electrons. The average Bonchev–Trinajstić information content (AvgIpc) is 3.25. The van der Waals surface area contributed by atoms with E-state index in [0.29, 0.717) is 33.2 Å². The van der Waals surface area contributed by atoms with Crippen molar-refractivity contribution in [2.75, 3.05) is 5.75 Å². The van der Waals surface area contributed by atoms with Gasteiger partial charge in [-0.1, -0.05) is 29.1 Å². The van der Waals surface area contributed by atoms with Gasteiger partial charge in [-0.15, -0.1) is 0 Å². The lowest BCUT2D eigenvalue weighted by atomic mass is 10.2. The SMILES string of the molecule is Cc1cc(-n2c(C)cc(C(=O)CSc3nc4ccccc4c(=O)n3C)c2C)no1. The highest BCUT2D eigenvalue weighted by atomic mass is 32.2. The van der Waals surface area contributed by atoms with E-state index in [0.717, 1.165) is 11.4 Å². The van der Waals surface area contributed by atoms with Crippen LogP contribution in [-0.4, -0.2) is 30.8 Å². The molecule has 0 aliphatic carbocycles. The average molecular weight is 408 g/mol. The highest BCUT2D eigenvalue weighted by molar-refractivity contribution is 7.99. The second-order valence-electron chi connectivity index (χ2n) is 6.90. The Bertz CT molecular complexity index is 1300. The molecular weight excluding hydrogens is 388 g/mol. The number of hydrogen-bond acceptors (Lipinski definition) is 6. The first kappa shape index (κ1) is 19.2. The predicted molar refractivity (Wildman–Crippen MR) is 112 cm³/mol. The summed E-state index contributed by atoms with van der Waals surface area (Å²) in [7, 11) is 1.67. The van der Waals surface area contributed by atoms with Gasteiger partial charge in [0.2, 0.25) is 0 Å². The number of Topliss-reactive ketones (excluding diaryl/α,β-unsaturated/α-hetero) is 1. The predicted octanol–water partition coefficient (Wildman–Crippen LogP) is 3.61. The summed E-state index contributed by atoms with van der Waals surface area (Å²) in [6, 6.07) is 10.9. The first-order valence-electron chi connectivity index (χ1n) is 9.11. The summed E-state index contributed by atoms with van der Waals surface area (Å²) in [5, 5.41) is 5.13. The van der Waals surface area contributed by atoms with E-state index in [9.17, 15) is 9.59 Å². The van der Waals surface area contributed by atoms with Gasteiger partial charge in [-0.25, -0.2) is 4.98 Å². The number of hydrogen-bond donors (Lipinski definition) is 0. The van der Waals surface area contributed by atoms with Crippen molar-refractivity contribution < 1.29 is 9.32 Å². The smallest absolute Gasteiger partial charge is 0.261 e. The molecule has 3 heterocycles. The van der Waals surface area contributed by atoms with Crippen LogP contribution in [0.3, 0.4) is 0 Å². The molecule has 8 heteroatoms. The molecule has 0 N–H and O–H groups in total. The number of para-hydroxylation sites is 1. The Morgan fingerprint density at radius 2 is 1.93 bits per heavy atom. The molecule has 3 aromatic heterocycles. The molecule has 1 aromatic carbocycles. The maximum absolute atomic E-state index is 12.9. The number of rotatable bonds is 5. The largest absolute Gasteiger partial charge is 0.360 e. The number of aryl methyl sites for hydroxylation is 2. The fraction of sp³-hybridized carbons (Fsp3) is 0.238. The zero-order valence-electron chi connectivity index (χ0n) is 16.6. The van der Waals surface area contributed by atoms with Gasteiger partial charge in [0.25, 0.3) is 5.56 Å². The lowest BCUT2D eigenvalue weighted by molar-refractivity contribution is 0.102. The molecular formula is C21H20N4O3S. The molecule has 0 fully saturated rings. The summed E-state index contributed by atoms with van der Waals surface area (Å²) in [4.78, 5) is 30.0. The first-order valence-corrected chi connectivity index (χ1v) is 10.1. The van der Waals surface area contributed by atoms with Crippen molar-refractivity contribution in [1.82, 2.24) is 19.3 Å². The summed E-state index contributed by atoms with van der Waals surface area (Å²) in [6.07, 6.45) is 0. The minimum Gasteiger partial charge on any atom is -0.360 e. The van der Waals surface area contributed by atoms with Crippen molar-refractivity contribution in [3.63, 3.8) is 0 Å². The first-order chi connectivity index (χ1) is 13.9. The van der Waals surface area contributed by atoms with Crippen LogP contribution in [0.25, 0.3) is 16.7 Å². The van der Waals surface area contributed by atoms with E-state index in [-0.39, 0.29) is 17.1 Å². The summed E-state index contributed by atoms with van der Waals surface area (Å²) < 4.78 is 8.55. The van der Waals surface area contributed by atoms with Crippen molar-refractivity contribution >= 4 is 28.4 Å². The Morgan fingerprint density at radius 3 is 2.66 bits per heavy atom. The van der Waals surface area contributed by atoms with Crippen LogP contribution >= 0.6 is 11.8 Å². The fourth-order valence-corrected chi connectivity index (χ4v) is 4.25. The van der Waals surface area contributed by atoms with Gasteiger partial charge < -0.3 is 4.52 Å². The molecule has 7 nitrogen and oxygen atoms in total. The molecule has 148 valence electrons.